The maximum Gasteiger partial charge on any atom is 0.349 e. The Labute approximate surface area is 123 Å². The van der Waals surface area contributed by atoms with Crippen LogP contribution in [0.5, 0.6) is 0 Å². The molecular formula is C14H11N3O3S. The van der Waals surface area contributed by atoms with E-state index in [9.17, 15) is 9.59 Å². The van der Waals surface area contributed by atoms with Crippen LogP contribution in [-0.2, 0) is 11.3 Å². The second-order valence-corrected chi connectivity index (χ2v) is 5.07. The summed E-state index contributed by atoms with van der Waals surface area (Å²) in [6.07, 6.45) is 4.85. The van der Waals surface area contributed by atoms with Gasteiger partial charge in [-0.1, -0.05) is 6.07 Å². The van der Waals surface area contributed by atoms with E-state index in [2.05, 4.69) is 4.98 Å². The molecule has 2 rings (SSSR count). The van der Waals surface area contributed by atoms with Crippen LogP contribution in [-0.4, -0.2) is 20.6 Å². The summed E-state index contributed by atoms with van der Waals surface area (Å²) in [5.41, 5.74) is -0.000347. The van der Waals surface area contributed by atoms with Gasteiger partial charge in [0.15, 0.2) is 5.57 Å². The van der Waals surface area contributed by atoms with Crippen molar-refractivity contribution in [2.24, 2.45) is 0 Å². The molecule has 0 aliphatic rings. The molecule has 0 atom stereocenters. The number of hydrogen-bond donors (Lipinski definition) is 1. The highest BCUT2D eigenvalue weighted by Gasteiger charge is 2.13. The summed E-state index contributed by atoms with van der Waals surface area (Å²) in [6.45, 7) is 2.02. The van der Waals surface area contributed by atoms with Gasteiger partial charge in [-0.2, -0.15) is 5.26 Å². The molecular weight excluding hydrogens is 290 g/mol. The Morgan fingerprint density at radius 3 is 2.90 bits per heavy atom. The van der Waals surface area contributed by atoms with Crippen LogP contribution in [0.4, 0.5) is 0 Å². The van der Waals surface area contributed by atoms with Crippen molar-refractivity contribution in [2.45, 2.75) is 13.5 Å². The average Bonchev–Trinajstić information content (AvgIpc) is 2.77. The second-order valence-electron chi connectivity index (χ2n) is 4.04. The molecule has 0 bridgehead atoms. The van der Waals surface area contributed by atoms with Crippen LogP contribution >= 0.6 is 11.3 Å². The Bertz CT molecular complexity index is 888. The highest BCUT2D eigenvalue weighted by atomic mass is 32.1. The maximum absolute atomic E-state index is 12.3. The zero-order chi connectivity index (χ0) is 15.4. The molecule has 0 aliphatic heterocycles. The van der Waals surface area contributed by atoms with Crippen molar-refractivity contribution in [3.05, 3.63) is 49.6 Å². The summed E-state index contributed by atoms with van der Waals surface area (Å²) in [5.74, 6) is -1.34. The van der Waals surface area contributed by atoms with Crippen LogP contribution in [0.1, 0.15) is 12.5 Å². The topological polar surface area (TPSA) is 96.0 Å². The van der Waals surface area contributed by atoms with Crippen LogP contribution in [0.2, 0.25) is 0 Å². The number of carbonyl (C=O) groups is 1. The molecule has 2 aromatic heterocycles. The maximum atomic E-state index is 12.3. The molecule has 1 N–H and O–H groups in total. The number of hydrogen-bond acceptors (Lipinski definition) is 5. The molecule has 0 spiro atoms. The van der Waals surface area contributed by atoms with E-state index in [4.69, 9.17) is 10.4 Å². The Kier molecular flexibility index (Phi) is 4.30. The fourth-order valence-corrected chi connectivity index (χ4v) is 2.95. The molecule has 0 fully saturated rings. The lowest BCUT2D eigenvalue weighted by Gasteiger charge is -1.95. The van der Waals surface area contributed by atoms with Gasteiger partial charge in [0.1, 0.15) is 10.7 Å². The smallest absolute Gasteiger partial charge is 0.349 e. The fraction of sp³-hybridized carbons (Fsp3) is 0.143. The van der Waals surface area contributed by atoms with Crippen LogP contribution < -0.4 is 14.8 Å². The summed E-state index contributed by atoms with van der Waals surface area (Å²) in [6, 6.07) is 5.16. The summed E-state index contributed by atoms with van der Waals surface area (Å²) in [5, 5.41) is 18.0. The van der Waals surface area contributed by atoms with Crippen molar-refractivity contribution >= 4 is 29.0 Å². The van der Waals surface area contributed by atoms with Gasteiger partial charge in [0.05, 0.1) is 4.53 Å². The van der Waals surface area contributed by atoms with Gasteiger partial charge in [-0.15, -0.1) is 11.3 Å². The minimum atomic E-state index is -1.34. The van der Waals surface area contributed by atoms with Crippen molar-refractivity contribution in [1.82, 2.24) is 9.55 Å². The standard InChI is InChI=1S/C14H11N3O3S/c1-2-17-12(18)11(6-9-4-3-5-16-8-9)21-13(17)10(7-15)14(19)20/h3-6,8H,2H2,1H3,(H,19,20). The summed E-state index contributed by atoms with van der Waals surface area (Å²) >= 11 is 0.993. The van der Waals surface area contributed by atoms with Crippen LogP contribution in [0.25, 0.3) is 11.6 Å². The minimum Gasteiger partial charge on any atom is -0.477 e. The number of nitriles is 1. The van der Waals surface area contributed by atoms with Crippen molar-refractivity contribution in [2.75, 3.05) is 0 Å². The monoisotopic (exact) mass is 301 g/mol. The third kappa shape index (κ3) is 2.90. The van der Waals surface area contributed by atoms with Crippen LogP contribution in [0.15, 0.2) is 29.3 Å². The van der Waals surface area contributed by atoms with E-state index in [-0.39, 0.29) is 10.2 Å². The van der Waals surface area contributed by atoms with E-state index in [0.717, 1.165) is 16.9 Å². The van der Waals surface area contributed by atoms with E-state index >= 15 is 0 Å². The van der Waals surface area contributed by atoms with Crippen LogP contribution in [0.3, 0.4) is 0 Å². The average molecular weight is 301 g/mol. The first-order chi connectivity index (χ1) is 10.1. The van der Waals surface area contributed by atoms with E-state index in [1.54, 1.807) is 43.6 Å². The zero-order valence-electron chi connectivity index (χ0n) is 11.1. The van der Waals surface area contributed by atoms with Gasteiger partial charge < -0.3 is 5.11 Å². The molecule has 6 nitrogen and oxygen atoms in total. The molecule has 7 heteroatoms. The van der Waals surface area contributed by atoms with Gasteiger partial charge >= 0.3 is 5.97 Å². The Hall–Kier alpha value is -2.72. The predicted octanol–water partition coefficient (Wildman–Crippen LogP) is -0.0876. The number of nitrogens with zero attached hydrogens (tertiary/aromatic N) is 3. The van der Waals surface area contributed by atoms with E-state index in [0.29, 0.717) is 11.1 Å². The van der Waals surface area contributed by atoms with E-state index in [1.165, 1.54) is 4.57 Å². The number of aliphatic carboxylic acids is 1. The first-order valence-electron chi connectivity index (χ1n) is 6.07. The molecule has 0 aliphatic carbocycles. The van der Waals surface area contributed by atoms with Gasteiger partial charge in [-0.25, -0.2) is 4.79 Å². The van der Waals surface area contributed by atoms with E-state index < -0.39 is 11.5 Å². The fourth-order valence-electron chi connectivity index (χ4n) is 1.79. The molecule has 21 heavy (non-hydrogen) atoms. The number of aromatic nitrogens is 2. The van der Waals surface area contributed by atoms with Crippen LogP contribution in [0, 0.1) is 11.3 Å². The zero-order valence-corrected chi connectivity index (χ0v) is 11.9. The molecule has 0 unspecified atom stereocenters. The van der Waals surface area contributed by atoms with Crippen molar-refractivity contribution in [3.63, 3.8) is 0 Å². The Balaban J connectivity index is 2.83. The number of rotatable bonds is 3. The van der Waals surface area contributed by atoms with Crippen molar-refractivity contribution in [3.8, 4) is 6.07 Å². The minimum absolute atomic E-state index is 0.160. The van der Waals surface area contributed by atoms with Crippen molar-refractivity contribution in [1.29, 1.82) is 5.26 Å². The van der Waals surface area contributed by atoms with Gasteiger partial charge in [0, 0.05) is 18.9 Å². The second kappa shape index (κ2) is 6.15. The number of thiazole rings is 1. The molecule has 0 aromatic carbocycles. The van der Waals surface area contributed by atoms with E-state index in [1.807, 2.05) is 0 Å². The van der Waals surface area contributed by atoms with Gasteiger partial charge in [-0.3, -0.25) is 14.3 Å². The SMILES string of the molecule is CCn1c(=C(C#N)C(=O)O)sc(=Cc2cccnc2)c1=O. The number of carboxylic acids is 1. The molecule has 0 amide bonds. The molecule has 0 radical (unpaired) electrons. The molecule has 2 aromatic rings. The predicted molar refractivity (Wildman–Crippen MR) is 78.0 cm³/mol. The first kappa shape index (κ1) is 14.7. The van der Waals surface area contributed by atoms with Gasteiger partial charge in [0.2, 0.25) is 0 Å². The Morgan fingerprint density at radius 2 is 2.38 bits per heavy atom. The first-order valence-corrected chi connectivity index (χ1v) is 6.89. The normalized spacial score (nSPS) is 12.9. The largest absolute Gasteiger partial charge is 0.477 e. The third-order valence-electron chi connectivity index (χ3n) is 2.75. The highest BCUT2D eigenvalue weighted by Crippen LogP contribution is 1.97. The molecule has 0 saturated heterocycles. The Morgan fingerprint density at radius 1 is 1.62 bits per heavy atom. The lowest BCUT2D eigenvalue weighted by atomic mass is 10.3. The summed E-state index contributed by atoms with van der Waals surface area (Å²) in [7, 11) is 0. The number of carboxylic acid groups (broad SMARTS) is 1. The highest BCUT2D eigenvalue weighted by molar-refractivity contribution is 7.07. The third-order valence-corrected chi connectivity index (χ3v) is 3.88. The van der Waals surface area contributed by atoms with Crippen molar-refractivity contribution < 1.29 is 9.90 Å². The van der Waals surface area contributed by atoms with Gasteiger partial charge in [0.25, 0.3) is 5.56 Å². The van der Waals surface area contributed by atoms with Gasteiger partial charge in [-0.05, 0) is 24.6 Å². The molecule has 0 saturated carbocycles. The molecule has 106 valence electrons. The number of pyridine rings is 1. The molecule has 2 heterocycles. The lowest BCUT2D eigenvalue weighted by molar-refractivity contribution is -0.130. The quantitative estimate of drug-likeness (QED) is 0.855. The lowest BCUT2D eigenvalue weighted by Crippen LogP contribution is -2.32. The summed E-state index contributed by atoms with van der Waals surface area (Å²) < 4.78 is 1.82. The summed E-state index contributed by atoms with van der Waals surface area (Å²) in [4.78, 5) is 27.3.